The van der Waals surface area contributed by atoms with Gasteiger partial charge < -0.3 is 5.32 Å². The fourth-order valence-electron chi connectivity index (χ4n) is 2.36. The van der Waals surface area contributed by atoms with Crippen LogP contribution in [-0.2, 0) is 6.54 Å². The highest BCUT2D eigenvalue weighted by molar-refractivity contribution is 9.10. The standard InChI is InChI=1S/C13H16BrN3O/c1-3-8-17-12(18)11(14)10(9-15-17)16-13(2)6-4-5-7-13/h1,9,16H,4-8H2,2H3. The molecule has 1 aliphatic rings. The number of aromatic nitrogens is 2. The number of nitrogens with zero attached hydrogens (tertiary/aromatic N) is 2. The summed E-state index contributed by atoms with van der Waals surface area (Å²) < 4.78 is 1.77. The molecule has 0 aliphatic heterocycles. The van der Waals surface area contributed by atoms with Crippen molar-refractivity contribution >= 4 is 21.6 Å². The summed E-state index contributed by atoms with van der Waals surface area (Å²) in [7, 11) is 0. The molecule has 1 fully saturated rings. The minimum Gasteiger partial charge on any atom is -0.378 e. The third-order valence-electron chi connectivity index (χ3n) is 3.37. The summed E-state index contributed by atoms with van der Waals surface area (Å²) in [5.74, 6) is 2.41. The van der Waals surface area contributed by atoms with E-state index in [2.05, 4.69) is 39.2 Å². The van der Waals surface area contributed by atoms with Crippen LogP contribution in [0, 0.1) is 12.3 Å². The van der Waals surface area contributed by atoms with Crippen LogP contribution in [0.25, 0.3) is 0 Å². The number of rotatable bonds is 3. The van der Waals surface area contributed by atoms with E-state index >= 15 is 0 Å². The van der Waals surface area contributed by atoms with Crippen LogP contribution in [0.3, 0.4) is 0 Å². The first-order valence-electron chi connectivity index (χ1n) is 6.03. The molecule has 1 aromatic heterocycles. The zero-order valence-corrected chi connectivity index (χ0v) is 12.0. The van der Waals surface area contributed by atoms with Crippen molar-refractivity contribution in [2.75, 3.05) is 5.32 Å². The van der Waals surface area contributed by atoms with E-state index in [1.54, 1.807) is 6.20 Å². The lowest BCUT2D eigenvalue weighted by Crippen LogP contribution is -2.33. The number of nitrogens with one attached hydrogen (secondary N) is 1. The number of anilines is 1. The quantitative estimate of drug-likeness (QED) is 0.872. The summed E-state index contributed by atoms with van der Waals surface area (Å²) in [5, 5.41) is 7.49. The fraction of sp³-hybridized carbons (Fsp3) is 0.538. The largest absolute Gasteiger partial charge is 0.378 e. The third kappa shape index (κ3) is 2.59. The molecule has 0 spiro atoms. The minimum absolute atomic E-state index is 0.0644. The monoisotopic (exact) mass is 309 g/mol. The molecule has 1 saturated carbocycles. The predicted molar refractivity (Wildman–Crippen MR) is 75.5 cm³/mol. The molecule has 4 nitrogen and oxygen atoms in total. The molecular weight excluding hydrogens is 294 g/mol. The second-order valence-electron chi connectivity index (χ2n) is 4.93. The Bertz CT molecular complexity index is 538. The van der Waals surface area contributed by atoms with Crippen LogP contribution < -0.4 is 10.9 Å². The van der Waals surface area contributed by atoms with E-state index in [0.717, 1.165) is 18.5 Å². The summed E-state index contributed by atoms with van der Waals surface area (Å²) in [5.41, 5.74) is 0.617. The Balaban J connectivity index is 2.28. The second-order valence-corrected chi connectivity index (χ2v) is 5.72. The molecular formula is C13H16BrN3O. The number of hydrogen-bond donors (Lipinski definition) is 1. The molecule has 18 heavy (non-hydrogen) atoms. The van der Waals surface area contributed by atoms with Gasteiger partial charge in [0.15, 0.2) is 0 Å². The van der Waals surface area contributed by atoms with Crippen molar-refractivity contribution < 1.29 is 0 Å². The van der Waals surface area contributed by atoms with Crippen LogP contribution in [0.5, 0.6) is 0 Å². The van der Waals surface area contributed by atoms with Crippen molar-refractivity contribution in [2.24, 2.45) is 0 Å². The summed E-state index contributed by atoms with van der Waals surface area (Å²) in [6, 6.07) is 0. The molecule has 0 aromatic carbocycles. The molecule has 2 rings (SSSR count). The lowest BCUT2D eigenvalue weighted by atomic mass is 10.0. The Morgan fingerprint density at radius 2 is 2.28 bits per heavy atom. The summed E-state index contributed by atoms with van der Waals surface area (Å²) in [6.07, 6.45) is 11.5. The fourth-order valence-corrected chi connectivity index (χ4v) is 2.76. The number of halogens is 1. The molecule has 0 radical (unpaired) electrons. The van der Waals surface area contributed by atoms with Crippen molar-refractivity contribution in [3.05, 3.63) is 21.0 Å². The van der Waals surface area contributed by atoms with Gasteiger partial charge in [-0.05, 0) is 35.7 Å². The first-order valence-corrected chi connectivity index (χ1v) is 6.82. The van der Waals surface area contributed by atoms with Gasteiger partial charge in [0.25, 0.3) is 5.56 Å². The average molecular weight is 310 g/mol. The van der Waals surface area contributed by atoms with Gasteiger partial charge in [0, 0.05) is 5.54 Å². The van der Waals surface area contributed by atoms with Gasteiger partial charge in [0.1, 0.15) is 11.0 Å². The van der Waals surface area contributed by atoms with E-state index in [-0.39, 0.29) is 17.6 Å². The van der Waals surface area contributed by atoms with E-state index in [0.29, 0.717) is 4.47 Å². The SMILES string of the molecule is C#CCn1ncc(NC2(C)CCCC2)c(Br)c1=O. The number of terminal acetylenes is 1. The molecule has 0 bridgehead atoms. The molecule has 5 heteroatoms. The molecule has 1 N–H and O–H groups in total. The molecule has 1 heterocycles. The molecule has 1 aromatic rings. The Kier molecular flexibility index (Phi) is 3.76. The second kappa shape index (κ2) is 5.15. The Labute approximate surface area is 115 Å². The van der Waals surface area contributed by atoms with E-state index in [4.69, 9.17) is 6.42 Å². The molecule has 1 aliphatic carbocycles. The smallest absolute Gasteiger partial charge is 0.284 e. The first-order chi connectivity index (χ1) is 8.56. The Morgan fingerprint density at radius 3 is 2.89 bits per heavy atom. The van der Waals surface area contributed by atoms with Crippen LogP contribution in [0.2, 0.25) is 0 Å². The highest BCUT2D eigenvalue weighted by Crippen LogP contribution is 2.33. The Hall–Kier alpha value is -1.28. The van der Waals surface area contributed by atoms with Crippen molar-refractivity contribution in [1.29, 1.82) is 0 Å². The predicted octanol–water partition coefficient (Wildman–Crippen LogP) is 2.38. The molecule has 96 valence electrons. The third-order valence-corrected chi connectivity index (χ3v) is 4.14. The topological polar surface area (TPSA) is 46.9 Å². The lowest BCUT2D eigenvalue weighted by Gasteiger charge is -2.27. The van der Waals surface area contributed by atoms with Gasteiger partial charge in [-0.1, -0.05) is 18.8 Å². The van der Waals surface area contributed by atoms with Gasteiger partial charge in [-0.25, -0.2) is 4.68 Å². The van der Waals surface area contributed by atoms with Gasteiger partial charge in [0.05, 0.1) is 11.9 Å². The maximum Gasteiger partial charge on any atom is 0.284 e. The van der Waals surface area contributed by atoms with Crippen LogP contribution in [0.15, 0.2) is 15.5 Å². The van der Waals surface area contributed by atoms with Crippen LogP contribution in [-0.4, -0.2) is 15.3 Å². The first kappa shape index (κ1) is 13.2. The van der Waals surface area contributed by atoms with Gasteiger partial charge in [-0.15, -0.1) is 6.42 Å². The zero-order valence-electron chi connectivity index (χ0n) is 10.4. The Morgan fingerprint density at radius 1 is 1.61 bits per heavy atom. The van der Waals surface area contributed by atoms with E-state index in [9.17, 15) is 4.79 Å². The molecule has 0 unspecified atom stereocenters. The van der Waals surface area contributed by atoms with E-state index in [1.807, 2.05) is 0 Å². The van der Waals surface area contributed by atoms with Crippen molar-refractivity contribution in [2.45, 2.75) is 44.7 Å². The van der Waals surface area contributed by atoms with E-state index in [1.165, 1.54) is 17.5 Å². The normalized spacial score (nSPS) is 17.4. The highest BCUT2D eigenvalue weighted by atomic mass is 79.9. The van der Waals surface area contributed by atoms with Gasteiger partial charge in [-0.2, -0.15) is 5.10 Å². The lowest BCUT2D eigenvalue weighted by molar-refractivity contribution is 0.531. The molecule has 0 atom stereocenters. The van der Waals surface area contributed by atoms with Crippen LogP contribution in [0.4, 0.5) is 5.69 Å². The maximum absolute atomic E-state index is 12.0. The summed E-state index contributed by atoms with van der Waals surface area (Å²) >= 11 is 3.33. The number of hydrogen-bond acceptors (Lipinski definition) is 3. The average Bonchev–Trinajstić information content (AvgIpc) is 2.76. The maximum atomic E-state index is 12.0. The van der Waals surface area contributed by atoms with Crippen molar-refractivity contribution in [3.63, 3.8) is 0 Å². The summed E-state index contributed by atoms with van der Waals surface area (Å²) in [4.78, 5) is 12.0. The van der Waals surface area contributed by atoms with Gasteiger partial charge in [-0.3, -0.25) is 4.79 Å². The van der Waals surface area contributed by atoms with Crippen molar-refractivity contribution in [3.8, 4) is 12.3 Å². The van der Waals surface area contributed by atoms with Gasteiger partial charge >= 0.3 is 0 Å². The summed E-state index contributed by atoms with van der Waals surface area (Å²) in [6.45, 7) is 2.37. The van der Waals surface area contributed by atoms with Crippen LogP contribution >= 0.6 is 15.9 Å². The van der Waals surface area contributed by atoms with Gasteiger partial charge in [0.2, 0.25) is 0 Å². The van der Waals surface area contributed by atoms with Crippen molar-refractivity contribution in [1.82, 2.24) is 9.78 Å². The molecule has 0 amide bonds. The molecule has 0 saturated heterocycles. The van der Waals surface area contributed by atoms with Crippen LogP contribution in [0.1, 0.15) is 32.6 Å². The minimum atomic E-state index is -0.195. The van der Waals surface area contributed by atoms with E-state index < -0.39 is 0 Å². The zero-order chi connectivity index (χ0) is 13.2. The highest BCUT2D eigenvalue weighted by Gasteiger charge is 2.29.